The quantitative estimate of drug-likeness (QED) is 0.483. The summed E-state index contributed by atoms with van der Waals surface area (Å²) in [5.41, 5.74) is 6.79. The predicted molar refractivity (Wildman–Crippen MR) is 117 cm³/mol. The van der Waals surface area contributed by atoms with Gasteiger partial charge in [-0.25, -0.2) is 0 Å². The first-order valence-electron chi connectivity index (χ1n) is 10.6. The van der Waals surface area contributed by atoms with Crippen molar-refractivity contribution >= 4 is 17.6 Å². The molecule has 0 radical (unpaired) electrons. The second kappa shape index (κ2) is 10.9. The van der Waals surface area contributed by atoms with E-state index >= 15 is 0 Å². The Labute approximate surface area is 178 Å². The third kappa shape index (κ3) is 6.16. The van der Waals surface area contributed by atoms with Crippen molar-refractivity contribution in [3.63, 3.8) is 0 Å². The average Bonchev–Trinajstić information content (AvgIpc) is 2.75. The van der Waals surface area contributed by atoms with Gasteiger partial charge in [0.25, 0.3) is 0 Å². The summed E-state index contributed by atoms with van der Waals surface area (Å²) in [6.07, 6.45) is 1.82. The number of amides is 2. The first kappa shape index (κ1) is 23.6. The molecule has 1 aliphatic heterocycles. The van der Waals surface area contributed by atoms with E-state index in [4.69, 9.17) is 5.73 Å². The van der Waals surface area contributed by atoms with Crippen molar-refractivity contribution in [2.24, 2.45) is 23.5 Å². The summed E-state index contributed by atoms with van der Waals surface area (Å²) < 4.78 is 0. The van der Waals surface area contributed by atoms with E-state index in [9.17, 15) is 14.4 Å². The molecule has 0 aliphatic carbocycles. The standard InChI is InChI=1S/C23H34N4O3/c1-14(2)20(23(30)26-19(11-24)21(28)15(3)4)27-22(29)18-10-17(12-25-13-18)16-8-6-5-7-9-16/h5-9,11,14-15,17-18,20,25H,10,12-13,24H2,1-4H3,(H,26,30)(H,27,29)/b19-11+/t17?,18?,20-/m0/s1. The van der Waals surface area contributed by atoms with E-state index in [2.05, 4.69) is 28.1 Å². The van der Waals surface area contributed by atoms with Crippen LogP contribution in [0.15, 0.2) is 42.2 Å². The largest absolute Gasteiger partial charge is 0.403 e. The Morgan fingerprint density at radius 2 is 1.77 bits per heavy atom. The van der Waals surface area contributed by atoms with Gasteiger partial charge >= 0.3 is 0 Å². The number of piperidine rings is 1. The van der Waals surface area contributed by atoms with Crippen LogP contribution in [-0.2, 0) is 14.4 Å². The fourth-order valence-corrected chi connectivity index (χ4v) is 3.63. The van der Waals surface area contributed by atoms with Crippen LogP contribution in [0.25, 0.3) is 0 Å². The van der Waals surface area contributed by atoms with Crippen LogP contribution >= 0.6 is 0 Å². The smallest absolute Gasteiger partial charge is 0.247 e. The molecule has 1 fully saturated rings. The number of ketones is 1. The highest BCUT2D eigenvalue weighted by Gasteiger charge is 2.32. The van der Waals surface area contributed by atoms with Crippen molar-refractivity contribution < 1.29 is 14.4 Å². The molecule has 5 N–H and O–H groups in total. The predicted octanol–water partition coefficient (Wildman–Crippen LogP) is 1.66. The van der Waals surface area contributed by atoms with Crippen LogP contribution in [0, 0.1) is 17.8 Å². The molecule has 2 rings (SSSR count). The third-order valence-corrected chi connectivity index (χ3v) is 5.45. The minimum Gasteiger partial charge on any atom is -0.403 e. The molecule has 1 aromatic carbocycles. The minimum atomic E-state index is -0.760. The van der Waals surface area contributed by atoms with Crippen LogP contribution in [-0.4, -0.2) is 36.7 Å². The Morgan fingerprint density at radius 3 is 2.33 bits per heavy atom. The summed E-state index contributed by atoms with van der Waals surface area (Å²) in [7, 11) is 0. The van der Waals surface area contributed by atoms with Crippen LogP contribution in [0.1, 0.15) is 45.6 Å². The first-order valence-corrected chi connectivity index (χ1v) is 10.6. The maximum atomic E-state index is 13.0. The van der Waals surface area contributed by atoms with E-state index in [0.717, 1.165) is 19.2 Å². The molecule has 1 heterocycles. The summed E-state index contributed by atoms with van der Waals surface area (Å²) in [5.74, 6) is -1.28. The van der Waals surface area contributed by atoms with Crippen molar-refractivity contribution in [2.75, 3.05) is 13.1 Å². The second-order valence-electron chi connectivity index (χ2n) is 8.52. The fourth-order valence-electron chi connectivity index (χ4n) is 3.63. The molecule has 1 saturated heterocycles. The Balaban J connectivity index is 2.04. The van der Waals surface area contributed by atoms with Gasteiger partial charge in [0.1, 0.15) is 11.7 Å². The molecule has 0 bridgehead atoms. The van der Waals surface area contributed by atoms with Crippen LogP contribution in [0.3, 0.4) is 0 Å². The van der Waals surface area contributed by atoms with E-state index in [1.807, 2.05) is 32.0 Å². The molecule has 0 saturated carbocycles. The number of nitrogens with two attached hydrogens (primary N) is 1. The molecule has 7 nitrogen and oxygen atoms in total. The van der Waals surface area contributed by atoms with Gasteiger partial charge in [-0.05, 0) is 23.8 Å². The monoisotopic (exact) mass is 414 g/mol. The zero-order valence-corrected chi connectivity index (χ0v) is 18.3. The summed E-state index contributed by atoms with van der Waals surface area (Å²) in [4.78, 5) is 37.9. The van der Waals surface area contributed by atoms with Gasteiger partial charge < -0.3 is 21.7 Å². The van der Waals surface area contributed by atoms with E-state index < -0.39 is 11.9 Å². The average molecular weight is 415 g/mol. The molecule has 164 valence electrons. The third-order valence-electron chi connectivity index (χ3n) is 5.45. The van der Waals surface area contributed by atoms with Gasteiger partial charge in [0.2, 0.25) is 11.8 Å². The molecule has 1 aromatic rings. The van der Waals surface area contributed by atoms with Gasteiger partial charge in [-0.3, -0.25) is 14.4 Å². The van der Waals surface area contributed by atoms with E-state index in [0.29, 0.717) is 6.54 Å². The van der Waals surface area contributed by atoms with Gasteiger partial charge in [-0.2, -0.15) is 0 Å². The highest BCUT2D eigenvalue weighted by atomic mass is 16.2. The Morgan fingerprint density at radius 1 is 1.10 bits per heavy atom. The van der Waals surface area contributed by atoms with Gasteiger partial charge in [-0.15, -0.1) is 0 Å². The van der Waals surface area contributed by atoms with Gasteiger partial charge in [0.05, 0.1) is 5.92 Å². The molecule has 0 aromatic heterocycles. The van der Waals surface area contributed by atoms with Crippen molar-refractivity contribution in [3.8, 4) is 0 Å². The number of carbonyl (C=O) groups is 3. The molecule has 30 heavy (non-hydrogen) atoms. The summed E-state index contributed by atoms with van der Waals surface area (Å²) in [6, 6.07) is 9.36. The van der Waals surface area contributed by atoms with E-state index in [1.54, 1.807) is 13.8 Å². The number of hydrogen-bond donors (Lipinski definition) is 4. The van der Waals surface area contributed by atoms with Gasteiger partial charge in [0, 0.05) is 25.2 Å². The second-order valence-corrected chi connectivity index (χ2v) is 8.52. The molecular weight excluding hydrogens is 380 g/mol. The minimum absolute atomic E-state index is 0.0540. The first-order chi connectivity index (χ1) is 14.2. The number of carbonyl (C=O) groups excluding carboxylic acids is 3. The van der Waals surface area contributed by atoms with Crippen LogP contribution in [0.4, 0.5) is 0 Å². The van der Waals surface area contributed by atoms with Crippen LogP contribution in [0.2, 0.25) is 0 Å². The molecular formula is C23H34N4O3. The lowest BCUT2D eigenvalue weighted by molar-refractivity contribution is -0.132. The Hall–Kier alpha value is -2.67. The zero-order valence-electron chi connectivity index (χ0n) is 18.3. The number of Topliss-reactive ketones (excluding diaryl/α,β-unsaturated/α-hetero) is 1. The molecule has 2 amide bonds. The normalized spacial score (nSPS) is 20.7. The summed E-state index contributed by atoms with van der Waals surface area (Å²) in [5, 5.41) is 8.81. The number of allylic oxidation sites excluding steroid dienone is 1. The molecule has 7 heteroatoms. The maximum absolute atomic E-state index is 13.0. The van der Waals surface area contributed by atoms with Gasteiger partial charge in [-0.1, -0.05) is 58.0 Å². The topological polar surface area (TPSA) is 113 Å². The molecule has 2 unspecified atom stereocenters. The highest BCUT2D eigenvalue weighted by Crippen LogP contribution is 2.26. The van der Waals surface area contributed by atoms with Crippen molar-refractivity contribution in [1.82, 2.24) is 16.0 Å². The molecule has 1 aliphatic rings. The highest BCUT2D eigenvalue weighted by molar-refractivity contribution is 6.01. The zero-order chi connectivity index (χ0) is 22.3. The lowest BCUT2D eigenvalue weighted by atomic mass is 9.85. The lowest BCUT2D eigenvalue weighted by Gasteiger charge is -2.31. The van der Waals surface area contributed by atoms with Crippen LogP contribution < -0.4 is 21.7 Å². The lowest BCUT2D eigenvalue weighted by Crippen LogP contribution is -2.53. The van der Waals surface area contributed by atoms with Crippen molar-refractivity contribution in [3.05, 3.63) is 47.8 Å². The van der Waals surface area contributed by atoms with Crippen LogP contribution in [0.5, 0.6) is 0 Å². The molecule has 3 atom stereocenters. The number of nitrogens with one attached hydrogen (secondary N) is 3. The van der Waals surface area contributed by atoms with E-state index in [-0.39, 0.29) is 41.1 Å². The van der Waals surface area contributed by atoms with Gasteiger partial charge in [0.15, 0.2) is 5.78 Å². The molecule has 0 spiro atoms. The Bertz CT molecular complexity index is 774. The van der Waals surface area contributed by atoms with E-state index in [1.165, 1.54) is 5.56 Å². The summed E-state index contributed by atoms with van der Waals surface area (Å²) >= 11 is 0. The SMILES string of the molecule is CC(C)C(=O)/C(=C\N)NC(=O)[C@@H](NC(=O)C1CNCC(c2ccccc2)C1)C(C)C. The van der Waals surface area contributed by atoms with Crippen molar-refractivity contribution in [1.29, 1.82) is 0 Å². The summed E-state index contributed by atoms with van der Waals surface area (Å²) in [6.45, 7) is 8.57. The van der Waals surface area contributed by atoms with Crippen molar-refractivity contribution in [2.45, 2.75) is 46.1 Å². The maximum Gasteiger partial charge on any atom is 0.247 e. The Kier molecular flexibility index (Phi) is 8.59. The number of benzene rings is 1. The number of rotatable bonds is 8. The number of hydrogen-bond acceptors (Lipinski definition) is 5. The fraction of sp³-hybridized carbons (Fsp3) is 0.522.